The average molecular weight is 236 g/mol. The van der Waals surface area contributed by atoms with Crippen LogP contribution in [0, 0.1) is 0 Å². The maximum absolute atomic E-state index is 11.6. The summed E-state index contributed by atoms with van der Waals surface area (Å²) in [5.74, 6) is 0.622. The quantitative estimate of drug-likeness (QED) is 0.812. The number of aromatic nitrogens is 1. The fourth-order valence-electron chi connectivity index (χ4n) is 1.40. The molecule has 0 aliphatic rings. The molecular formula is C12H20N4O. The molecule has 0 saturated carbocycles. The Bertz CT molecular complexity index is 361. The molecule has 0 saturated heterocycles. The van der Waals surface area contributed by atoms with E-state index in [1.165, 1.54) is 0 Å². The van der Waals surface area contributed by atoms with E-state index >= 15 is 0 Å². The van der Waals surface area contributed by atoms with Gasteiger partial charge >= 0.3 is 0 Å². The van der Waals surface area contributed by atoms with Gasteiger partial charge in [-0.1, -0.05) is 13.0 Å². The van der Waals surface area contributed by atoms with Crippen LogP contribution in [0.5, 0.6) is 0 Å². The molecule has 1 amide bonds. The van der Waals surface area contributed by atoms with Crippen LogP contribution in [0.4, 0.5) is 5.82 Å². The van der Waals surface area contributed by atoms with E-state index in [2.05, 4.69) is 9.88 Å². The summed E-state index contributed by atoms with van der Waals surface area (Å²) in [4.78, 5) is 19.3. The van der Waals surface area contributed by atoms with Crippen LogP contribution in [-0.2, 0) is 11.3 Å². The molecule has 0 spiro atoms. The van der Waals surface area contributed by atoms with Crippen molar-refractivity contribution in [2.75, 3.05) is 32.9 Å². The Balaban J connectivity index is 2.57. The number of nitrogen functional groups attached to an aromatic ring is 1. The van der Waals surface area contributed by atoms with Gasteiger partial charge in [0.05, 0.1) is 6.54 Å². The number of amides is 1. The van der Waals surface area contributed by atoms with Crippen LogP contribution < -0.4 is 5.73 Å². The lowest BCUT2D eigenvalue weighted by molar-refractivity contribution is -0.130. The highest BCUT2D eigenvalue weighted by Crippen LogP contribution is 2.05. The first kappa shape index (κ1) is 13.4. The molecule has 1 heterocycles. The van der Waals surface area contributed by atoms with Gasteiger partial charge in [0.15, 0.2) is 0 Å². The van der Waals surface area contributed by atoms with Gasteiger partial charge in [-0.05, 0) is 18.2 Å². The zero-order valence-electron chi connectivity index (χ0n) is 10.7. The maximum atomic E-state index is 11.6. The third-order valence-electron chi connectivity index (χ3n) is 2.56. The molecule has 0 radical (unpaired) electrons. The molecule has 0 atom stereocenters. The van der Waals surface area contributed by atoms with Gasteiger partial charge in [-0.15, -0.1) is 0 Å². The summed E-state index contributed by atoms with van der Waals surface area (Å²) in [6.45, 7) is 3.99. The molecule has 94 valence electrons. The Hall–Kier alpha value is -1.62. The number of pyridine rings is 1. The van der Waals surface area contributed by atoms with Crippen molar-refractivity contribution in [2.24, 2.45) is 0 Å². The van der Waals surface area contributed by atoms with Crippen molar-refractivity contribution < 1.29 is 4.79 Å². The third kappa shape index (κ3) is 4.40. The van der Waals surface area contributed by atoms with Crippen LogP contribution in [0.1, 0.15) is 12.5 Å². The fourth-order valence-corrected chi connectivity index (χ4v) is 1.40. The monoisotopic (exact) mass is 236 g/mol. The smallest absolute Gasteiger partial charge is 0.236 e. The normalized spacial score (nSPS) is 10.6. The fraction of sp³-hybridized carbons (Fsp3) is 0.500. The first-order chi connectivity index (χ1) is 8.02. The van der Waals surface area contributed by atoms with Gasteiger partial charge in [-0.25, -0.2) is 4.98 Å². The Morgan fingerprint density at radius 2 is 2.12 bits per heavy atom. The summed E-state index contributed by atoms with van der Waals surface area (Å²) >= 11 is 0. The predicted octanol–water partition coefficient (Wildman–Crippen LogP) is 0.574. The largest absolute Gasteiger partial charge is 0.384 e. The highest BCUT2D eigenvalue weighted by molar-refractivity contribution is 5.77. The molecule has 0 unspecified atom stereocenters. The molecule has 5 nitrogen and oxygen atoms in total. The Morgan fingerprint density at radius 1 is 1.41 bits per heavy atom. The lowest BCUT2D eigenvalue weighted by atomic mass is 10.2. The molecule has 0 bridgehead atoms. The lowest BCUT2D eigenvalue weighted by Gasteiger charge is -2.21. The van der Waals surface area contributed by atoms with Crippen molar-refractivity contribution in [2.45, 2.75) is 13.5 Å². The van der Waals surface area contributed by atoms with Crippen LogP contribution in [0.25, 0.3) is 0 Å². The van der Waals surface area contributed by atoms with Crippen LogP contribution >= 0.6 is 0 Å². The standard InChI is InChI=1S/C12H20N4O/c1-4-16(9-12(17)15(2)3)8-10-5-6-11(13)14-7-10/h5-7H,4,8-9H2,1-3H3,(H2,13,14). The number of carbonyl (C=O) groups excluding carboxylic acids is 1. The molecule has 17 heavy (non-hydrogen) atoms. The number of nitrogens with zero attached hydrogens (tertiary/aromatic N) is 3. The second kappa shape index (κ2) is 6.20. The molecule has 0 aliphatic carbocycles. The topological polar surface area (TPSA) is 62.5 Å². The van der Waals surface area contributed by atoms with Gasteiger partial charge in [0.2, 0.25) is 5.91 Å². The highest BCUT2D eigenvalue weighted by atomic mass is 16.2. The molecule has 0 fully saturated rings. The summed E-state index contributed by atoms with van der Waals surface area (Å²) < 4.78 is 0. The summed E-state index contributed by atoms with van der Waals surface area (Å²) in [5.41, 5.74) is 6.59. The van der Waals surface area contributed by atoms with E-state index in [4.69, 9.17) is 5.73 Å². The predicted molar refractivity (Wildman–Crippen MR) is 68.3 cm³/mol. The van der Waals surface area contributed by atoms with E-state index in [0.29, 0.717) is 18.9 Å². The maximum Gasteiger partial charge on any atom is 0.236 e. The number of nitrogens with two attached hydrogens (primary N) is 1. The number of likely N-dealkylation sites (N-methyl/N-ethyl adjacent to an activating group) is 2. The Labute approximate surface area is 102 Å². The minimum atomic E-state index is 0.107. The van der Waals surface area contributed by atoms with E-state index in [1.807, 2.05) is 13.0 Å². The zero-order chi connectivity index (χ0) is 12.8. The van der Waals surface area contributed by atoms with Gasteiger partial charge in [-0.2, -0.15) is 0 Å². The van der Waals surface area contributed by atoms with Crippen molar-refractivity contribution in [1.82, 2.24) is 14.8 Å². The number of carbonyl (C=O) groups is 1. The summed E-state index contributed by atoms with van der Waals surface area (Å²) in [5, 5.41) is 0. The molecule has 0 aromatic carbocycles. The Morgan fingerprint density at radius 3 is 2.59 bits per heavy atom. The van der Waals surface area contributed by atoms with Crippen molar-refractivity contribution in [3.05, 3.63) is 23.9 Å². The van der Waals surface area contributed by atoms with Gasteiger partial charge in [0, 0.05) is 26.8 Å². The summed E-state index contributed by atoms with van der Waals surface area (Å²) in [7, 11) is 3.53. The first-order valence-electron chi connectivity index (χ1n) is 5.65. The van der Waals surface area contributed by atoms with Crippen molar-refractivity contribution >= 4 is 11.7 Å². The lowest BCUT2D eigenvalue weighted by Crippen LogP contribution is -2.36. The van der Waals surface area contributed by atoms with Crippen LogP contribution in [0.15, 0.2) is 18.3 Å². The number of hydrogen-bond acceptors (Lipinski definition) is 4. The molecule has 5 heteroatoms. The van der Waals surface area contributed by atoms with Crippen molar-refractivity contribution in [3.8, 4) is 0 Å². The Kier molecular flexibility index (Phi) is 4.90. The first-order valence-corrected chi connectivity index (χ1v) is 5.65. The SMILES string of the molecule is CCN(CC(=O)N(C)C)Cc1ccc(N)nc1. The minimum absolute atomic E-state index is 0.107. The number of hydrogen-bond donors (Lipinski definition) is 1. The molecule has 1 aromatic rings. The second-order valence-electron chi connectivity index (χ2n) is 4.18. The van der Waals surface area contributed by atoms with Gasteiger partial charge in [-0.3, -0.25) is 9.69 Å². The van der Waals surface area contributed by atoms with Gasteiger partial charge in [0.25, 0.3) is 0 Å². The number of rotatable bonds is 5. The van der Waals surface area contributed by atoms with E-state index in [9.17, 15) is 4.79 Å². The molecule has 1 rings (SSSR count). The average Bonchev–Trinajstić information content (AvgIpc) is 2.30. The molecule has 1 aromatic heterocycles. The van der Waals surface area contributed by atoms with E-state index in [0.717, 1.165) is 12.1 Å². The molecule has 0 aliphatic heterocycles. The van der Waals surface area contributed by atoms with E-state index in [1.54, 1.807) is 31.3 Å². The zero-order valence-corrected chi connectivity index (χ0v) is 10.7. The second-order valence-corrected chi connectivity index (χ2v) is 4.18. The minimum Gasteiger partial charge on any atom is -0.384 e. The molecule has 2 N–H and O–H groups in total. The van der Waals surface area contributed by atoms with Crippen LogP contribution in [0.3, 0.4) is 0 Å². The van der Waals surface area contributed by atoms with E-state index in [-0.39, 0.29) is 5.91 Å². The van der Waals surface area contributed by atoms with Crippen LogP contribution in [-0.4, -0.2) is 47.9 Å². The van der Waals surface area contributed by atoms with Crippen molar-refractivity contribution in [1.29, 1.82) is 0 Å². The van der Waals surface area contributed by atoms with Crippen LogP contribution in [0.2, 0.25) is 0 Å². The number of anilines is 1. The summed E-state index contributed by atoms with van der Waals surface area (Å²) in [6.07, 6.45) is 1.75. The van der Waals surface area contributed by atoms with Gasteiger partial charge in [0.1, 0.15) is 5.82 Å². The van der Waals surface area contributed by atoms with Gasteiger partial charge < -0.3 is 10.6 Å². The van der Waals surface area contributed by atoms with Crippen molar-refractivity contribution in [3.63, 3.8) is 0 Å². The van der Waals surface area contributed by atoms with E-state index < -0.39 is 0 Å². The third-order valence-corrected chi connectivity index (χ3v) is 2.56. The summed E-state index contributed by atoms with van der Waals surface area (Å²) in [6, 6.07) is 3.71. The molecular weight excluding hydrogens is 216 g/mol. The highest BCUT2D eigenvalue weighted by Gasteiger charge is 2.11.